The maximum atomic E-state index is 5.83. The topological polar surface area (TPSA) is 38.4 Å². The minimum atomic E-state index is 0.161. The fraction of sp³-hybridized carbons (Fsp3) is 0.900. The third-order valence-corrected chi connectivity index (χ3v) is 2.67. The van der Waals surface area contributed by atoms with E-state index in [-0.39, 0.29) is 5.54 Å². The highest BCUT2D eigenvalue weighted by Gasteiger charge is 2.28. The molecule has 1 fully saturated rings. The van der Waals surface area contributed by atoms with E-state index in [9.17, 15) is 0 Å². The Hall–Kier alpha value is -0.530. The van der Waals surface area contributed by atoms with E-state index in [0.717, 1.165) is 5.84 Å². The predicted molar refractivity (Wildman–Crippen MR) is 53.3 cm³/mol. The molecular weight excluding hydrogens is 148 g/mol. The molecule has 0 bridgehead atoms. The fourth-order valence-corrected chi connectivity index (χ4v) is 1.69. The first-order chi connectivity index (χ1) is 5.53. The van der Waals surface area contributed by atoms with Gasteiger partial charge in [-0.3, -0.25) is 4.99 Å². The summed E-state index contributed by atoms with van der Waals surface area (Å²) in [7, 11) is 0. The lowest BCUT2D eigenvalue weighted by Gasteiger charge is -2.19. The van der Waals surface area contributed by atoms with Crippen molar-refractivity contribution in [2.24, 2.45) is 16.6 Å². The maximum absolute atomic E-state index is 5.83. The molecule has 0 heterocycles. The lowest BCUT2D eigenvalue weighted by Crippen LogP contribution is -2.26. The molecule has 0 radical (unpaired) electrons. The summed E-state index contributed by atoms with van der Waals surface area (Å²) in [6.45, 7) is 6.41. The van der Waals surface area contributed by atoms with Crippen molar-refractivity contribution in [1.82, 2.24) is 0 Å². The minimum Gasteiger partial charge on any atom is -0.387 e. The molecule has 0 aromatic heterocycles. The molecule has 0 aliphatic heterocycles. The Kier molecular flexibility index (Phi) is 2.76. The second-order valence-electron chi connectivity index (χ2n) is 4.40. The van der Waals surface area contributed by atoms with E-state index in [1.54, 1.807) is 0 Å². The Morgan fingerprint density at radius 1 is 1.33 bits per heavy atom. The maximum Gasteiger partial charge on any atom is 0.0969 e. The van der Waals surface area contributed by atoms with Crippen LogP contribution in [0.3, 0.4) is 0 Å². The van der Waals surface area contributed by atoms with E-state index in [1.165, 1.54) is 25.7 Å². The average Bonchev–Trinajstić information content (AvgIpc) is 2.35. The van der Waals surface area contributed by atoms with Crippen LogP contribution in [0.2, 0.25) is 0 Å². The zero-order chi connectivity index (χ0) is 9.19. The van der Waals surface area contributed by atoms with Gasteiger partial charge in [-0.25, -0.2) is 0 Å². The molecule has 1 aliphatic rings. The number of hydrogen-bond acceptors (Lipinski definition) is 1. The molecule has 0 spiro atoms. The predicted octanol–water partition coefficient (Wildman–Crippen LogP) is 2.33. The molecule has 1 saturated carbocycles. The molecular formula is C10H20N2. The van der Waals surface area contributed by atoms with Crippen molar-refractivity contribution in [1.29, 1.82) is 0 Å². The number of nitrogens with two attached hydrogens (primary N) is 1. The smallest absolute Gasteiger partial charge is 0.0969 e. The van der Waals surface area contributed by atoms with Gasteiger partial charge in [0.15, 0.2) is 0 Å². The molecule has 2 nitrogen and oxygen atoms in total. The van der Waals surface area contributed by atoms with E-state index in [4.69, 9.17) is 5.73 Å². The van der Waals surface area contributed by atoms with Crippen molar-refractivity contribution in [2.75, 3.05) is 0 Å². The number of aliphatic imine (C=N–C) groups is 1. The van der Waals surface area contributed by atoms with Crippen molar-refractivity contribution in [3.8, 4) is 0 Å². The van der Waals surface area contributed by atoms with Gasteiger partial charge in [0.25, 0.3) is 0 Å². The number of nitrogens with zero attached hydrogens (tertiary/aromatic N) is 1. The first kappa shape index (κ1) is 9.56. The Morgan fingerprint density at radius 3 is 2.25 bits per heavy atom. The van der Waals surface area contributed by atoms with Crippen LogP contribution in [0.1, 0.15) is 46.5 Å². The lowest BCUT2D eigenvalue weighted by atomic mass is 10.0. The third kappa shape index (κ3) is 2.23. The molecule has 0 unspecified atom stereocenters. The first-order valence-electron chi connectivity index (χ1n) is 4.89. The highest BCUT2D eigenvalue weighted by atomic mass is 14.9. The van der Waals surface area contributed by atoms with Crippen molar-refractivity contribution >= 4 is 5.84 Å². The van der Waals surface area contributed by atoms with Gasteiger partial charge in [0.1, 0.15) is 0 Å². The van der Waals surface area contributed by atoms with Gasteiger partial charge in [-0.05, 0) is 19.8 Å². The number of rotatable bonds is 2. The van der Waals surface area contributed by atoms with Gasteiger partial charge in [0, 0.05) is 5.92 Å². The normalized spacial score (nSPS) is 23.5. The molecule has 1 aliphatic carbocycles. The van der Waals surface area contributed by atoms with Gasteiger partial charge in [-0.2, -0.15) is 0 Å². The summed E-state index contributed by atoms with van der Waals surface area (Å²) in [6, 6.07) is 0. The van der Waals surface area contributed by atoms with Crippen LogP contribution in [0.5, 0.6) is 0 Å². The van der Waals surface area contributed by atoms with E-state index < -0.39 is 0 Å². The fourth-order valence-electron chi connectivity index (χ4n) is 1.69. The van der Waals surface area contributed by atoms with Crippen LogP contribution in [-0.4, -0.2) is 11.4 Å². The van der Waals surface area contributed by atoms with Gasteiger partial charge >= 0.3 is 0 Å². The molecule has 2 N–H and O–H groups in total. The van der Waals surface area contributed by atoms with Crippen molar-refractivity contribution in [2.45, 2.75) is 52.0 Å². The first-order valence-corrected chi connectivity index (χ1v) is 4.89. The second kappa shape index (κ2) is 3.46. The van der Waals surface area contributed by atoms with E-state index in [2.05, 4.69) is 25.8 Å². The standard InChI is InChI=1S/C10H20N2/c1-8(2)9(11)12-10(3)6-4-5-7-10/h8H,4-7H2,1-3H3,(H2,11,12). The molecule has 0 aromatic carbocycles. The average molecular weight is 168 g/mol. The molecule has 1 rings (SSSR count). The van der Waals surface area contributed by atoms with Crippen LogP contribution in [0.25, 0.3) is 0 Å². The van der Waals surface area contributed by atoms with Crippen LogP contribution in [0, 0.1) is 5.92 Å². The quantitative estimate of drug-likeness (QED) is 0.499. The Labute approximate surface area is 75.3 Å². The van der Waals surface area contributed by atoms with Crippen LogP contribution in [0.4, 0.5) is 0 Å². The third-order valence-electron chi connectivity index (χ3n) is 2.67. The summed E-state index contributed by atoms with van der Waals surface area (Å²) in [6.07, 6.45) is 5.04. The molecule has 0 amide bonds. The van der Waals surface area contributed by atoms with Gasteiger partial charge in [0.05, 0.1) is 11.4 Å². The van der Waals surface area contributed by atoms with Crippen LogP contribution in [-0.2, 0) is 0 Å². The van der Waals surface area contributed by atoms with E-state index in [0.29, 0.717) is 5.92 Å². The van der Waals surface area contributed by atoms with Gasteiger partial charge in [-0.15, -0.1) is 0 Å². The highest BCUT2D eigenvalue weighted by Crippen LogP contribution is 2.32. The van der Waals surface area contributed by atoms with Crippen LogP contribution in [0.15, 0.2) is 4.99 Å². The largest absolute Gasteiger partial charge is 0.387 e. The molecule has 70 valence electrons. The van der Waals surface area contributed by atoms with E-state index >= 15 is 0 Å². The zero-order valence-electron chi connectivity index (χ0n) is 8.43. The summed E-state index contributed by atoms with van der Waals surface area (Å²) < 4.78 is 0. The van der Waals surface area contributed by atoms with Crippen LogP contribution >= 0.6 is 0 Å². The molecule has 2 heteroatoms. The van der Waals surface area contributed by atoms with Gasteiger partial charge in [-0.1, -0.05) is 26.7 Å². The van der Waals surface area contributed by atoms with Gasteiger partial charge < -0.3 is 5.73 Å². The summed E-state index contributed by atoms with van der Waals surface area (Å²) in [5, 5.41) is 0. The minimum absolute atomic E-state index is 0.161. The van der Waals surface area contributed by atoms with E-state index in [1.807, 2.05) is 0 Å². The molecule has 12 heavy (non-hydrogen) atoms. The summed E-state index contributed by atoms with van der Waals surface area (Å²) in [5.74, 6) is 1.21. The summed E-state index contributed by atoms with van der Waals surface area (Å²) in [4.78, 5) is 4.60. The molecule has 0 saturated heterocycles. The summed E-state index contributed by atoms with van der Waals surface area (Å²) in [5.41, 5.74) is 5.99. The number of hydrogen-bond donors (Lipinski definition) is 1. The lowest BCUT2D eigenvalue weighted by molar-refractivity contribution is 0.486. The monoisotopic (exact) mass is 168 g/mol. The van der Waals surface area contributed by atoms with Crippen molar-refractivity contribution in [3.05, 3.63) is 0 Å². The van der Waals surface area contributed by atoms with Crippen LogP contribution < -0.4 is 5.73 Å². The highest BCUT2D eigenvalue weighted by molar-refractivity contribution is 5.82. The Bertz CT molecular complexity index is 176. The Balaban J connectivity index is 2.63. The van der Waals surface area contributed by atoms with Gasteiger partial charge in [0.2, 0.25) is 0 Å². The Morgan fingerprint density at radius 2 is 1.83 bits per heavy atom. The van der Waals surface area contributed by atoms with Crippen molar-refractivity contribution in [3.63, 3.8) is 0 Å². The summed E-state index contributed by atoms with van der Waals surface area (Å²) >= 11 is 0. The number of amidine groups is 1. The second-order valence-corrected chi connectivity index (χ2v) is 4.40. The molecule has 0 atom stereocenters. The zero-order valence-corrected chi connectivity index (χ0v) is 8.43. The SMILES string of the molecule is CC(C)C(N)=NC1(C)CCCC1. The van der Waals surface area contributed by atoms with Crippen molar-refractivity contribution < 1.29 is 0 Å². The molecule has 0 aromatic rings.